The Hall–Kier alpha value is -0.850. The van der Waals surface area contributed by atoms with E-state index >= 15 is 0 Å². The van der Waals surface area contributed by atoms with Crippen LogP contribution in [0.3, 0.4) is 0 Å². The molecule has 0 aliphatic heterocycles. The molecule has 1 aromatic rings. The van der Waals surface area contributed by atoms with Gasteiger partial charge >= 0.3 is 0 Å². The Bertz CT molecular complexity index is 228. The summed E-state index contributed by atoms with van der Waals surface area (Å²) in [5.41, 5.74) is 1.75. The molecule has 0 atom stereocenters. The van der Waals surface area contributed by atoms with Crippen molar-refractivity contribution in [3.8, 4) is 0 Å². The highest BCUT2D eigenvalue weighted by molar-refractivity contribution is 5.21. The van der Waals surface area contributed by atoms with Gasteiger partial charge in [0.2, 0.25) is 0 Å². The Labute approximate surface area is 81.2 Å². The van der Waals surface area contributed by atoms with E-state index in [2.05, 4.69) is 31.8 Å². The van der Waals surface area contributed by atoms with Gasteiger partial charge in [-0.2, -0.15) is 0 Å². The summed E-state index contributed by atoms with van der Waals surface area (Å²) in [6.45, 7) is 6.79. The summed E-state index contributed by atoms with van der Waals surface area (Å²) in [5.74, 6) is 0. The first-order chi connectivity index (χ1) is 6.29. The van der Waals surface area contributed by atoms with Crippen LogP contribution in [0.25, 0.3) is 0 Å². The maximum absolute atomic E-state index is 4.19. The molecule has 13 heavy (non-hydrogen) atoms. The standard InChI is InChI=1S/C12H19N/c1-4-12(5-2,6-3)11-8-7-9-13-10-11/h7-10H,4-6H2,1-3H3. The molecule has 0 fully saturated rings. The van der Waals surface area contributed by atoms with Crippen LogP contribution in [0.2, 0.25) is 0 Å². The van der Waals surface area contributed by atoms with E-state index in [-0.39, 0.29) is 0 Å². The lowest BCUT2D eigenvalue weighted by atomic mass is 9.74. The summed E-state index contributed by atoms with van der Waals surface area (Å²) in [7, 11) is 0. The second kappa shape index (κ2) is 4.40. The number of hydrogen-bond acceptors (Lipinski definition) is 1. The van der Waals surface area contributed by atoms with E-state index in [1.807, 2.05) is 18.5 Å². The van der Waals surface area contributed by atoms with Crippen molar-refractivity contribution in [1.29, 1.82) is 0 Å². The second-order valence-electron chi connectivity index (χ2n) is 3.58. The number of aromatic nitrogens is 1. The topological polar surface area (TPSA) is 12.9 Å². The van der Waals surface area contributed by atoms with Crippen molar-refractivity contribution in [3.05, 3.63) is 30.1 Å². The number of pyridine rings is 1. The van der Waals surface area contributed by atoms with Crippen molar-refractivity contribution < 1.29 is 0 Å². The normalized spacial score (nSPS) is 11.6. The SMILES string of the molecule is CCC(CC)(CC)c1cccnc1. The lowest BCUT2D eigenvalue weighted by Crippen LogP contribution is -2.23. The maximum Gasteiger partial charge on any atom is 0.0305 e. The van der Waals surface area contributed by atoms with Crippen LogP contribution in [0.4, 0.5) is 0 Å². The third-order valence-electron chi connectivity index (χ3n) is 3.30. The molecule has 0 bridgehead atoms. The second-order valence-corrected chi connectivity index (χ2v) is 3.58. The smallest absolute Gasteiger partial charge is 0.0305 e. The van der Waals surface area contributed by atoms with E-state index in [0.717, 1.165) is 0 Å². The summed E-state index contributed by atoms with van der Waals surface area (Å²) < 4.78 is 0. The molecule has 1 nitrogen and oxygen atoms in total. The molecule has 0 unspecified atom stereocenters. The highest BCUT2D eigenvalue weighted by Crippen LogP contribution is 2.34. The van der Waals surface area contributed by atoms with Crippen molar-refractivity contribution >= 4 is 0 Å². The number of hydrogen-bond donors (Lipinski definition) is 0. The number of nitrogens with zero attached hydrogens (tertiary/aromatic N) is 1. The highest BCUT2D eigenvalue weighted by Gasteiger charge is 2.25. The van der Waals surface area contributed by atoms with Gasteiger partial charge in [0.25, 0.3) is 0 Å². The van der Waals surface area contributed by atoms with Gasteiger partial charge in [0.15, 0.2) is 0 Å². The predicted octanol–water partition coefficient (Wildman–Crippen LogP) is 3.55. The molecule has 0 aliphatic carbocycles. The lowest BCUT2D eigenvalue weighted by molar-refractivity contribution is 0.380. The first-order valence-electron chi connectivity index (χ1n) is 5.19. The summed E-state index contributed by atoms with van der Waals surface area (Å²) in [5, 5.41) is 0. The van der Waals surface area contributed by atoms with Crippen molar-refractivity contribution in [3.63, 3.8) is 0 Å². The molecule has 0 aromatic carbocycles. The molecular weight excluding hydrogens is 158 g/mol. The minimum atomic E-state index is 0.355. The summed E-state index contributed by atoms with van der Waals surface area (Å²) in [6.07, 6.45) is 7.45. The van der Waals surface area contributed by atoms with Crippen LogP contribution in [0.15, 0.2) is 24.5 Å². The lowest BCUT2D eigenvalue weighted by Gasteiger charge is -2.30. The van der Waals surface area contributed by atoms with Crippen molar-refractivity contribution in [2.45, 2.75) is 45.4 Å². The van der Waals surface area contributed by atoms with Gasteiger partial charge in [-0.3, -0.25) is 4.98 Å². The minimum Gasteiger partial charge on any atom is -0.264 e. The fourth-order valence-electron chi connectivity index (χ4n) is 2.04. The fourth-order valence-corrected chi connectivity index (χ4v) is 2.04. The molecule has 0 N–H and O–H groups in total. The molecule has 0 radical (unpaired) electrons. The Morgan fingerprint density at radius 1 is 1.15 bits per heavy atom. The average molecular weight is 177 g/mol. The van der Waals surface area contributed by atoms with Crippen molar-refractivity contribution in [2.24, 2.45) is 0 Å². The van der Waals surface area contributed by atoms with Gasteiger partial charge in [-0.25, -0.2) is 0 Å². The van der Waals surface area contributed by atoms with Crippen LogP contribution in [0.1, 0.15) is 45.6 Å². The van der Waals surface area contributed by atoms with E-state index in [4.69, 9.17) is 0 Å². The molecule has 0 saturated carbocycles. The van der Waals surface area contributed by atoms with Gasteiger partial charge in [-0.05, 0) is 36.3 Å². The molecule has 0 saturated heterocycles. The monoisotopic (exact) mass is 177 g/mol. The largest absolute Gasteiger partial charge is 0.264 e. The van der Waals surface area contributed by atoms with Gasteiger partial charge in [-0.1, -0.05) is 26.8 Å². The van der Waals surface area contributed by atoms with E-state index in [0.29, 0.717) is 5.41 Å². The first kappa shape index (κ1) is 10.2. The zero-order valence-corrected chi connectivity index (χ0v) is 8.88. The van der Waals surface area contributed by atoms with Crippen LogP contribution in [0, 0.1) is 0 Å². The molecule has 1 rings (SSSR count). The van der Waals surface area contributed by atoms with Crippen LogP contribution in [0.5, 0.6) is 0 Å². The van der Waals surface area contributed by atoms with Gasteiger partial charge in [0, 0.05) is 12.4 Å². The summed E-state index contributed by atoms with van der Waals surface area (Å²) >= 11 is 0. The fraction of sp³-hybridized carbons (Fsp3) is 0.583. The van der Waals surface area contributed by atoms with E-state index in [9.17, 15) is 0 Å². The Morgan fingerprint density at radius 3 is 2.15 bits per heavy atom. The number of rotatable bonds is 4. The predicted molar refractivity (Wildman–Crippen MR) is 56.8 cm³/mol. The molecule has 0 spiro atoms. The molecule has 72 valence electrons. The molecule has 0 amide bonds. The summed E-state index contributed by atoms with van der Waals surface area (Å²) in [6, 6.07) is 4.23. The molecule has 1 heterocycles. The summed E-state index contributed by atoms with van der Waals surface area (Å²) in [4.78, 5) is 4.19. The van der Waals surface area contributed by atoms with Crippen molar-refractivity contribution in [1.82, 2.24) is 4.98 Å². The first-order valence-corrected chi connectivity index (χ1v) is 5.19. The van der Waals surface area contributed by atoms with E-state index in [1.54, 1.807) is 0 Å². The molecule has 1 aromatic heterocycles. The van der Waals surface area contributed by atoms with Crippen molar-refractivity contribution in [2.75, 3.05) is 0 Å². The van der Waals surface area contributed by atoms with Crippen LogP contribution in [-0.4, -0.2) is 4.98 Å². The van der Waals surface area contributed by atoms with E-state index in [1.165, 1.54) is 24.8 Å². The Balaban J connectivity index is 3.01. The third kappa shape index (κ3) is 1.90. The Kier molecular flexibility index (Phi) is 3.47. The van der Waals surface area contributed by atoms with Crippen LogP contribution >= 0.6 is 0 Å². The van der Waals surface area contributed by atoms with Gasteiger partial charge < -0.3 is 0 Å². The molecular formula is C12H19N. The highest BCUT2D eigenvalue weighted by atomic mass is 14.6. The van der Waals surface area contributed by atoms with Gasteiger partial charge in [0.05, 0.1) is 0 Å². The minimum absolute atomic E-state index is 0.355. The van der Waals surface area contributed by atoms with Gasteiger partial charge in [-0.15, -0.1) is 0 Å². The molecule has 1 heteroatoms. The van der Waals surface area contributed by atoms with Crippen LogP contribution < -0.4 is 0 Å². The third-order valence-corrected chi connectivity index (χ3v) is 3.30. The quantitative estimate of drug-likeness (QED) is 0.685. The zero-order chi connectivity index (χ0) is 9.73. The van der Waals surface area contributed by atoms with Crippen LogP contribution in [-0.2, 0) is 5.41 Å². The molecule has 0 aliphatic rings. The van der Waals surface area contributed by atoms with Gasteiger partial charge in [0.1, 0.15) is 0 Å². The zero-order valence-electron chi connectivity index (χ0n) is 8.88. The van der Waals surface area contributed by atoms with E-state index < -0.39 is 0 Å². The Morgan fingerprint density at radius 2 is 1.77 bits per heavy atom. The maximum atomic E-state index is 4.19. The average Bonchev–Trinajstić information content (AvgIpc) is 2.23.